The van der Waals surface area contributed by atoms with E-state index < -0.39 is 10.0 Å². The van der Waals surface area contributed by atoms with Crippen molar-refractivity contribution < 1.29 is 17.9 Å². The van der Waals surface area contributed by atoms with E-state index >= 15 is 0 Å². The Morgan fingerprint density at radius 1 is 1.26 bits per heavy atom. The Bertz CT molecular complexity index is 1160. The average molecular weight is 461 g/mol. The van der Waals surface area contributed by atoms with Gasteiger partial charge in [-0.1, -0.05) is 6.08 Å². The zero-order valence-electron chi connectivity index (χ0n) is 17.4. The molecule has 0 unspecified atom stereocenters. The number of aromatic nitrogens is 2. The van der Waals surface area contributed by atoms with Crippen LogP contribution in [0.4, 0.5) is 10.8 Å². The summed E-state index contributed by atoms with van der Waals surface area (Å²) < 4.78 is 34.3. The smallest absolute Gasteiger partial charge is 0.238 e. The van der Waals surface area contributed by atoms with Crippen LogP contribution in [-0.4, -0.2) is 38.2 Å². The minimum Gasteiger partial charge on any atom is -0.489 e. The molecule has 0 radical (unpaired) electrons. The van der Waals surface area contributed by atoms with Gasteiger partial charge in [0.15, 0.2) is 5.13 Å². The van der Waals surface area contributed by atoms with Gasteiger partial charge in [0.2, 0.25) is 10.0 Å². The summed E-state index contributed by atoms with van der Waals surface area (Å²) in [5.74, 6) is 0.507. The number of anilines is 2. The first-order chi connectivity index (χ1) is 14.8. The maximum absolute atomic E-state index is 11.7. The third kappa shape index (κ3) is 6.34. The summed E-state index contributed by atoms with van der Waals surface area (Å²) in [6.07, 6.45) is 5.44. The number of nitrogens with zero attached hydrogens (tertiary/aromatic N) is 2. The number of hydrogen-bond acceptors (Lipinski definition) is 8. The van der Waals surface area contributed by atoms with Gasteiger partial charge in [0.25, 0.3) is 0 Å². The van der Waals surface area contributed by atoms with E-state index in [1.165, 1.54) is 23.5 Å². The number of ether oxygens (including phenoxy) is 2. The number of primary sulfonamides is 1. The van der Waals surface area contributed by atoms with E-state index in [9.17, 15) is 8.42 Å². The molecule has 0 saturated carbocycles. The molecule has 0 amide bonds. The Morgan fingerprint density at radius 3 is 2.71 bits per heavy atom. The minimum absolute atomic E-state index is 0.01000. The maximum Gasteiger partial charge on any atom is 0.238 e. The lowest BCUT2D eigenvalue weighted by atomic mass is 10.2. The first-order valence-corrected chi connectivity index (χ1v) is 11.9. The molecule has 1 aromatic carbocycles. The number of hydrogen-bond donors (Lipinski definition) is 2. The third-order valence-corrected chi connectivity index (χ3v) is 5.69. The van der Waals surface area contributed by atoms with Gasteiger partial charge in [0, 0.05) is 24.3 Å². The molecule has 31 heavy (non-hydrogen) atoms. The molecule has 3 aromatic rings. The zero-order chi connectivity index (χ0) is 22.4. The molecule has 3 rings (SSSR count). The van der Waals surface area contributed by atoms with E-state index in [2.05, 4.69) is 15.3 Å². The Morgan fingerprint density at radius 2 is 2.06 bits per heavy atom. The largest absolute Gasteiger partial charge is 0.489 e. The van der Waals surface area contributed by atoms with E-state index in [0.717, 1.165) is 17.0 Å². The second kappa shape index (κ2) is 10.0. The first-order valence-electron chi connectivity index (χ1n) is 9.44. The highest BCUT2D eigenvalue weighted by molar-refractivity contribution is 7.89. The number of pyridine rings is 1. The van der Waals surface area contributed by atoms with E-state index in [1.54, 1.807) is 19.4 Å². The van der Waals surface area contributed by atoms with Crippen LogP contribution in [0.2, 0.25) is 0 Å². The quantitative estimate of drug-likeness (QED) is 0.495. The van der Waals surface area contributed by atoms with Crippen LogP contribution in [0, 0.1) is 0 Å². The molecule has 2 aromatic heterocycles. The van der Waals surface area contributed by atoms with Crippen molar-refractivity contribution in [3.63, 3.8) is 0 Å². The van der Waals surface area contributed by atoms with Crippen molar-refractivity contribution in [2.45, 2.75) is 24.8 Å². The number of nitrogens with one attached hydrogen (secondary N) is 1. The highest BCUT2D eigenvalue weighted by Crippen LogP contribution is 2.33. The molecular weight excluding hydrogens is 436 g/mol. The van der Waals surface area contributed by atoms with Gasteiger partial charge in [-0.05, 0) is 50.3 Å². The lowest BCUT2D eigenvalue weighted by Crippen LogP contribution is -2.13. The summed E-state index contributed by atoms with van der Waals surface area (Å²) in [5.41, 5.74) is 2.91. The molecular formula is C21H24N4O4S2. The summed E-state index contributed by atoms with van der Waals surface area (Å²) in [7, 11) is -2.21. The van der Waals surface area contributed by atoms with Crippen LogP contribution < -0.4 is 15.2 Å². The standard InChI is InChI=1S/C21H24N4O4S2/c1-14(2)29-20-9-8-17(31(22,26)27)11-18(20)24-21-25-19(13-30-21)15-6-7-16(23-12-15)5-4-10-28-3/h4-9,11-14H,10H2,1-3H3,(H,24,25)(H2,22,26,27). The number of rotatable bonds is 9. The van der Waals surface area contributed by atoms with E-state index in [4.69, 9.17) is 14.6 Å². The van der Waals surface area contributed by atoms with E-state index in [1.807, 2.05) is 43.5 Å². The van der Waals surface area contributed by atoms with Crippen molar-refractivity contribution in [1.82, 2.24) is 9.97 Å². The number of nitrogens with two attached hydrogens (primary N) is 1. The van der Waals surface area contributed by atoms with Gasteiger partial charge in [-0.25, -0.2) is 18.5 Å². The van der Waals surface area contributed by atoms with E-state index in [-0.39, 0.29) is 11.0 Å². The summed E-state index contributed by atoms with van der Waals surface area (Å²) in [6, 6.07) is 8.28. The van der Waals surface area contributed by atoms with Gasteiger partial charge in [-0.2, -0.15) is 0 Å². The number of benzene rings is 1. The fourth-order valence-electron chi connectivity index (χ4n) is 2.64. The Hall–Kier alpha value is -2.79. The summed E-state index contributed by atoms with van der Waals surface area (Å²) in [5, 5.41) is 10.9. The fourth-order valence-corrected chi connectivity index (χ4v) is 3.91. The molecule has 0 saturated heterocycles. The fraction of sp³-hybridized carbons (Fsp3) is 0.238. The molecule has 0 bridgehead atoms. The minimum atomic E-state index is -3.85. The van der Waals surface area contributed by atoms with Gasteiger partial charge in [-0.3, -0.25) is 4.98 Å². The normalized spacial score (nSPS) is 11.9. The third-order valence-electron chi connectivity index (χ3n) is 4.02. The Balaban J connectivity index is 1.83. The van der Waals surface area contributed by atoms with Crippen molar-refractivity contribution in [1.29, 1.82) is 0 Å². The Labute approximate surface area is 185 Å². The van der Waals surface area contributed by atoms with Crippen molar-refractivity contribution in [3.05, 3.63) is 53.7 Å². The predicted molar refractivity (Wildman–Crippen MR) is 123 cm³/mol. The van der Waals surface area contributed by atoms with Crippen LogP contribution in [0.3, 0.4) is 0 Å². The van der Waals surface area contributed by atoms with Gasteiger partial charge >= 0.3 is 0 Å². The summed E-state index contributed by atoms with van der Waals surface area (Å²) in [6.45, 7) is 4.31. The van der Waals surface area contributed by atoms with E-state index in [0.29, 0.717) is 23.2 Å². The monoisotopic (exact) mass is 460 g/mol. The highest BCUT2D eigenvalue weighted by Gasteiger charge is 2.15. The number of thiazole rings is 1. The molecule has 0 aliphatic heterocycles. The van der Waals surface area contributed by atoms with Gasteiger partial charge < -0.3 is 14.8 Å². The van der Waals surface area contributed by atoms with Crippen molar-refractivity contribution in [3.8, 4) is 17.0 Å². The predicted octanol–water partition coefficient (Wildman–Crippen LogP) is 4.04. The van der Waals surface area contributed by atoms with Gasteiger partial charge in [-0.15, -0.1) is 11.3 Å². The van der Waals surface area contributed by atoms with Crippen LogP contribution in [-0.2, 0) is 14.8 Å². The molecule has 10 heteroatoms. The summed E-state index contributed by atoms with van der Waals surface area (Å²) in [4.78, 5) is 8.98. The molecule has 0 atom stereocenters. The Kier molecular flexibility index (Phi) is 7.39. The zero-order valence-corrected chi connectivity index (χ0v) is 19.0. The maximum atomic E-state index is 11.7. The van der Waals surface area contributed by atoms with Crippen LogP contribution in [0.15, 0.2) is 52.9 Å². The van der Waals surface area contributed by atoms with Crippen molar-refractivity contribution in [2.24, 2.45) is 5.14 Å². The molecule has 0 aliphatic rings. The van der Waals surface area contributed by atoms with Crippen LogP contribution in [0.1, 0.15) is 19.5 Å². The average Bonchev–Trinajstić information content (AvgIpc) is 3.17. The molecule has 164 valence electrons. The van der Waals surface area contributed by atoms with Gasteiger partial charge in [0.1, 0.15) is 5.75 Å². The first kappa shape index (κ1) is 22.9. The van der Waals surface area contributed by atoms with Crippen LogP contribution in [0.25, 0.3) is 17.3 Å². The lowest BCUT2D eigenvalue weighted by Gasteiger charge is -2.15. The molecule has 0 spiro atoms. The van der Waals surface area contributed by atoms with Crippen molar-refractivity contribution >= 4 is 38.3 Å². The molecule has 0 fully saturated rings. The summed E-state index contributed by atoms with van der Waals surface area (Å²) >= 11 is 1.38. The van der Waals surface area contributed by atoms with Gasteiger partial charge in [0.05, 0.1) is 34.7 Å². The highest BCUT2D eigenvalue weighted by atomic mass is 32.2. The molecule has 3 N–H and O–H groups in total. The number of methoxy groups -OCH3 is 1. The molecule has 0 aliphatic carbocycles. The topological polar surface area (TPSA) is 116 Å². The molecule has 8 nitrogen and oxygen atoms in total. The second-order valence-corrected chi connectivity index (χ2v) is 9.28. The second-order valence-electron chi connectivity index (χ2n) is 6.86. The van der Waals surface area contributed by atoms with Crippen LogP contribution >= 0.6 is 11.3 Å². The van der Waals surface area contributed by atoms with Crippen molar-refractivity contribution in [2.75, 3.05) is 19.0 Å². The number of sulfonamides is 1. The SMILES string of the molecule is COCC=Cc1ccc(-c2csc(Nc3cc(S(N)(=O)=O)ccc3OC(C)C)n2)cn1. The van der Waals surface area contributed by atoms with Crippen LogP contribution in [0.5, 0.6) is 5.75 Å². The molecule has 2 heterocycles. The lowest BCUT2D eigenvalue weighted by molar-refractivity contribution is 0.234.